The molecule has 0 bridgehead atoms. The molecule has 2 rings (SSSR count). The van der Waals surface area contributed by atoms with Crippen molar-refractivity contribution in [3.05, 3.63) is 69.8 Å². The molecule has 108 valence electrons. The Kier molecular flexibility index (Phi) is 4.50. The van der Waals surface area contributed by atoms with E-state index >= 15 is 0 Å². The molecule has 6 heteroatoms. The summed E-state index contributed by atoms with van der Waals surface area (Å²) < 4.78 is 5.51. The predicted octanol–water partition coefficient (Wildman–Crippen LogP) is 2.80. The van der Waals surface area contributed by atoms with Gasteiger partial charge in [0.1, 0.15) is 12.4 Å². The Morgan fingerprint density at radius 1 is 1.14 bits per heavy atom. The largest absolute Gasteiger partial charge is 0.489 e. The second-order valence-corrected chi connectivity index (χ2v) is 4.38. The van der Waals surface area contributed by atoms with Crippen LogP contribution in [0.15, 0.2) is 48.5 Å². The van der Waals surface area contributed by atoms with Crippen molar-refractivity contribution in [1.82, 2.24) is 0 Å². The second-order valence-electron chi connectivity index (χ2n) is 4.38. The third-order valence-electron chi connectivity index (χ3n) is 2.88. The molecule has 0 heterocycles. The number of carbonyl (C=O) groups is 1. The lowest BCUT2D eigenvalue weighted by Crippen LogP contribution is -2.05. The third-order valence-corrected chi connectivity index (χ3v) is 2.88. The highest BCUT2D eigenvalue weighted by molar-refractivity contribution is 5.70. The number of hydrogen-bond acceptors (Lipinski definition) is 4. The minimum absolute atomic E-state index is 0.0497. The summed E-state index contributed by atoms with van der Waals surface area (Å²) in [4.78, 5) is 21.0. The summed E-state index contributed by atoms with van der Waals surface area (Å²) in [6.07, 6.45) is -0.0888. The van der Waals surface area contributed by atoms with Gasteiger partial charge in [0, 0.05) is 6.07 Å². The van der Waals surface area contributed by atoms with E-state index in [1.807, 2.05) is 0 Å². The summed E-state index contributed by atoms with van der Waals surface area (Å²) in [5.74, 6) is -0.549. The quantitative estimate of drug-likeness (QED) is 0.651. The maximum absolute atomic E-state index is 10.8. The van der Waals surface area contributed by atoms with Gasteiger partial charge in [0.2, 0.25) is 0 Å². The van der Waals surface area contributed by atoms with Crippen molar-refractivity contribution in [1.29, 1.82) is 0 Å². The first-order chi connectivity index (χ1) is 10.1. The SMILES string of the molecule is O=C(O)Cc1ccccc1COc1cccc([N+](=O)[O-])c1. The number of aliphatic carboxylic acids is 1. The number of nitrogens with zero attached hydrogens (tertiary/aromatic N) is 1. The highest BCUT2D eigenvalue weighted by Crippen LogP contribution is 2.21. The number of rotatable bonds is 6. The molecule has 6 nitrogen and oxygen atoms in total. The second kappa shape index (κ2) is 6.51. The number of hydrogen-bond donors (Lipinski definition) is 1. The number of nitro benzene ring substituents is 1. The molecule has 0 aliphatic rings. The average molecular weight is 287 g/mol. The molecule has 0 aromatic heterocycles. The van der Waals surface area contributed by atoms with Crippen LogP contribution in [-0.2, 0) is 17.8 Å². The van der Waals surface area contributed by atoms with Crippen LogP contribution in [0.5, 0.6) is 5.75 Å². The molecular formula is C15H13NO5. The Labute approximate surface area is 120 Å². The molecule has 0 aliphatic heterocycles. The third kappa shape index (κ3) is 4.04. The topological polar surface area (TPSA) is 89.7 Å². The van der Waals surface area contributed by atoms with E-state index in [9.17, 15) is 14.9 Å². The van der Waals surface area contributed by atoms with E-state index in [0.29, 0.717) is 11.3 Å². The first kappa shape index (κ1) is 14.5. The van der Waals surface area contributed by atoms with Crippen LogP contribution in [0, 0.1) is 10.1 Å². The van der Waals surface area contributed by atoms with E-state index < -0.39 is 10.9 Å². The maximum Gasteiger partial charge on any atom is 0.307 e. The zero-order valence-corrected chi connectivity index (χ0v) is 11.1. The van der Waals surface area contributed by atoms with Gasteiger partial charge in [-0.3, -0.25) is 14.9 Å². The summed E-state index contributed by atoms with van der Waals surface area (Å²) in [5, 5.41) is 19.5. The van der Waals surface area contributed by atoms with Crippen LogP contribution < -0.4 is 4.74 Å². The summed E-state index contributed by atoms with van der Waals surface area (Å²) in [6.45, 7) is 0.157. The van der Waals surface area contributed by atoms with Gasteiger partial charge in [-0.25, -0.2) is 0 Å². The lowest BCUT2D eigenvalue weighted by molar-refractivity contribution is -0.384. The molecule has 0 atom stereocenters. The summed E-state index contributed by atoms with van der Waals surface area (Å²) >= 11 is 0. The molecular weight excluding hydrogens is 274 g/mol. The minimum Gasteiger partial charge on any atom is -0.489 e. The van der Waals surface area contributed by atoms with Crippen LogP contribution in [-0.4, -0.2) is 16.0 Å². The first-order valence-corrected chi connectivity index (χ1v) is 6.22. The Balaban J connectivity index is 2.11. The van der Waals surface area contributed by atoms with Crippen molar-refractivity contribution in [2.45, 2.75) is 13.0 Å². The van der Waals surface area contributed by atoms with Crippen molar-refractivity contribution >= 4 is 11.7 Å². The van der Waals surface area contributed by atoms with E-state index in [0.717, 1.165) is 5.56 Å². The molecule has 0 fully saturated rings. The number of carboxylic acids is 1. The number of ether oxygens (including phenoxy) is 1. The maximum atomic E-state index is 10.8. The summed E-state index contributed by atoms with van der Waals surface area (Å²) in [6, 6.07) is 12.9. The fourth-order valence-corrected chi connectivity index (χ4v) is 1.88. The lowest BCUT2D eigenvalue weighted by atomic mass is 10.1. The molecule has 0 spiro atoms. The fraction of sp³-hybridized carbons (Fsp3) is 0.133. The van der Waals surface area contributed by atoms with Gasteiger partial charge in [-0.05, 0) is 17.2 Å². The van der Waals surface area contributed by atoms with E-state index in [1.165, 1.54) is 18.2 Å². The molecule has 0 radical (unpaired) electrons. The number of carboxylic acid groups (broad SMARTS) is 1. The smallest absolute Gasteiger partial charge is 0.307 e. The first-order valence-electron chi connectivity index (χ1n) is 6.22. The molecule has 0 unspecified atom stereocenters. The van der Waals surface area contributed by atoms with Gasteiger partial charge in [0.15, 0.2) is 0 Å². The van der Waals surface area contributed by atoms with E-state index in [1.54, 1.807) is 30.3 Å². The normalized spacial score (nSPS) is 10.1. The van der Waals surface area contributed by atoms with Crippen LogP contribution in [0.25, 0.3) is 0 Å². The van der Waals surface area contributed by atoms with Crippen molar-refractivity contribution in [2.24, 2.45) is 0 Å². The Bertz CT molecular complexity index is 669. The molecule has 2 aromatic carbocycles. The molecule has 1 N–H and O–H groups in total. The Hall–Kier alpha value is -2.89. The van der Waals surface area contributed by atoms with Crippen LogP contribution in [0.3, 0.4) is 0 Å². The van der Waals surface area contributed by atoms with Crippen molar-refractivity contribution in [3.63, 3.8) is 0 Å². The average Bonchev–Trinajstić information content (AvgIpc) is 2.46. The predicted molar refractivity (Wildman–Crippen MR) is 75.2 cm³/mol. The molecule has 0 saturated carbocycles. The van der Waals surface area contributed by atoms with Crippen LogP contribution in [0.1, 0.15) is 11.1 Å². The lowest BCUT2D eigenvalue weighted by Gasteiger charge is -2.09. The van der Waals surface area contributed by atoms with Crippen molar-refractivity contribution in [3.8, 4) is 5.75 Å². The van der Waals surface area contributed by atoms with E-state index in [4.69, 9.17) is 9.84 Å². The molecule has 21 heavy (non-hydrogen) atoms. The highest BCUT2D eigenvalue weighted by Gasteiger charge is 2.09. The molecule has 0 amide bonds. The number of non-ortho nitro benzene ring substituents is 1. The zero-order valence-electron chi connectivity index (χ0n) is 11.1. The van der Waals surface area contributed by atoms with Crippen LogP contribution >= 0.6 is 0 Å². The highest BCUT2D eigenvalue weighted by atomic mass is 16.6. The van der Waals surface area contributed by atoms with Gasteiger partial charge in [0.25, 0.3) is 5.69 Å². The van der Waals surface area contributed by atoms with Crippen molar-refractivity contribution in [2.75, 3.05) is 0 Å². The van der Waals surface area contributed by atoms with E-state index in [-0.39, 0.29) is 18.7 Å². The fourth-order valence-electron chi connectivity index (χ4n) is 1.88. The Morgan fingerprint density at radius 3 is 2.52 bits per heavy atom. The molecule has 2 aromatic rings. The number of benzene rings is 2. The Morgan fingerprint density at radius 2 is 1.86 bits per heavy atom. The van der Waals surface area contributed by atoms with Gasteiger partial charge >= 0.3 is 5.97 Å². The minimum atomic E-state index is -0.919. The molecule has 0 aliphatic carbocycles. The van der Waals surface area contributed by atoms with Gasteiger partial charge in [-0.2, -0.15) is 0 Å². The van der Waals surface area contributed by atoms with Gasteiger partial charge in [-0.15, -0.1) is 0 Å². The number of nitro groups is 1. The standard InChI is InChI=1S/C15H13NO5/c17-15(18)8-11-4-1-2-5-12(11)10-21-14-7-3-6-13(9-14)16(19)20/h1-7,9H,8,10H2,(H,17,18). The van der Waals surface area contributed by atoms with E-state index in [2.05, 4.69) is 0 Å². The summed E-state index contributed by atoms with van der Waals surface area (Å²) in [7, 11) is 0. The van der Waals surface area contributed by atoms with Gasteiger partial charge < -0.3 is 9.84 Å². The monoisotopic (exact) mass is 287 g/mol. The summed E-state index contributed by atoms with van der Waals surface area (Å²) in [5.41, 5.74) is 1.35. The zero-order chi connectivity index (χ0) is 15.2. The van der Waals surface area contributed by atoms with Crippen LogP contribution in [0.4, 0.5) is 5.69 Å². The van der Waals surface area contributed by atoms with Crippen molar-refractivity contribution < 1.29 is 19.6 Å². The molecule has 0 saturated heterocycles. The van der Waals surface area contributed by atoms with Gasteiger partial charge in [-0.1, -0.05) is 30.3 Å². The van der Waals surface area contributed by atoms with Gasteiger partial charge in [0.05, 0.1) is 17.4 Å². The van der Waals surface area contributed by atoms with Crippen LogP contribution in [0.2, 0.25) is 0 Å².